The highest BCUT2D eigenvalue weighted by atomic mass is 35.5. The standard InChI is InChI=1S/C18H16ClN3O5S/c1-10-7-14(22-27-10)21-15(23)8-26-18(24)17-11(2)20-16(28-17)9-25-13-5-3-12(19)4-6-13/h3-7H,8-9H2,1-2H3,(H,21,22,23). The van der Waals surface area contributed by atoms with E-state index in [0.717, 1.165) is 11.3 Å². The summed E-state index contributed by atoms with van der Waals surface area (Å²) in [5.41, 5.74) is 0.511. The maximum absolute atomic E-state index is 12.2. The van der Waals surface area contributed by atoms with Crippen LogP contribution in [0.25, 0.3) is 0 Å². The summed E-state index contributed by atoms with van der Waals surface area (Å²) < 4.78 is 15.5. The molecule has 0 saturated heterocycles. The SMILES string of the molecule is Cc1cc(NC(=O)COC(=O)c2sc(COc3ccc(Cl)cc3)nc2C)no1. The number of carbonyl (C=O) groups is 2. The van der Waals surface area contributed by atoms with Crippen molar-refractivity contribution in [3.8, 4) is 5.75 Å². The number of rotatable bonds is 7. The molecule has 28 heavy (non-hydrogen) atoms. The predicted molar refractivity (Wildman–Crippen MR) is 103 cm³/mol. The van der Waals surface area contributed by atoms with Crippen molar-refractivity contribution in [1.29, 1.82) is 0 Å². The van der Waals surface area contributed by atoms with Crippen LogP contribution in [0.3, 0.4) is 0 Å². The van der Waals surface area contributed by atoms with Crippen molar-refractivity contribution in [3.05, 3.63) is 56.7 Å². The number of nitrogens with zero attached hydrogens (tertiary/aromatic N) is 2. The Balaban J connectivity index is 1.52. The summed E-state index contributed by atoms with van der Waals surface area (Å²) in [5, 5.41) is 7.33. The summed E-state index contributed by atoms with van der Waals surface area (Å²) >= 11 is 6.99. The Morgan fingerprint density at radius 1 is 1.25 bits per heavy atom. The lowest BCUT2D eigenvalue weighted by molar-refractivity contribution is -0.119. The van der Waals surface area contributed by atoms with E-state index < -0.39 is 18.5 Å². The molecule has 0 spiro atoms. The van der Waals surface area contributed by atoms with Gasteiger partial charge in [0, 0.05) is 11.1 Å². The van der Waals surface area contributed by atoms with E-state index in [1.54, 1.807) is 44.2 Å². The van der Waals surface area contributed by atoms with Crippen LogP contribution in [0.15, 0.2) is 34.9 Å². The molecule has 8 nitrogen and oxygen atoms in total. The van der Waals surface area contributed by atoms with Crippen molar-refractivity contribution >= 4 is 40.6 Å². The van der Waals surface area contributed by atoms with Gasteiger partial charge in [0.15, 0.2) is 12.4 Å². The number of carbonyl (C=O) groups excluding carboxylic acids is 2. The first-order chi connectivity index (χ1) is 13.4. The van der Waals surface area contributed by atoms with Crippen LogP contribution in [-0.4, -0.2) is 28.6 Å². The minimum Gasteiger partial charge on any atom is -0.486 e. The van der Waals surface area contributed by atoms with Crippen LogP contribution in [0, 0.1) is 13.8 Å². The second-order valence-corrected chi connectivity index (χ2v) is 7.23. The Bertz CT molecular complexity index is 984. The number of thiazole rings is 1. The molecule has 1 aromatic carbocycles. The highest BCUT2D eigenvalue weighted by molar-refractivity contribution is 7.13. The molecular formula is C18H16ClN3O5S. The van der Waals surface area contributed by atoms with E-state index in [-0.39, 0.29) is 12.4 Å². The van der Waals surface area contributed by atoms with Gasteiger partial charge in [-0.2, -0.15) is 0 Å². The van der Waals surface area contributed by atoms with Crippen LogP contribution >= 0.6 is 22.9 Å². The number of ether oxygens (including phenoxy) is 2. The summed E-state index contributed by atoms with van der Waals surface area (Å²) in [6, 6.07) is 8.48. The van der Waals surface area contributed by atoms with E-state index in [4.69, 9.17) is 25.6 Å². The van der Waals surface area contributed by atoms with E-state index in [1.165, 1.54) is 0 Å². The molecule has 0 radical (unpaired) electrons. The van der Waals surface area contributed by atoms with Gasteiger partial charge in [0.1, 0.15) is 28.0 Å². The largest absolute Gasteiger partial charge is 0.486 e. The van der Waals surface area contributed by atoms with Crippen molar-refractivity contribution in [2.24, 2.45) is 0 Å². The Kier molecular flexibility index (Phi) is 6.27. The lowest BCUT2D eigenvalue weighted by Crippen LogP contribution is -2.21. The summed E-state index contributed by atoms with van der Waals surface area (Å²) in [6.45, 7) is 3.14. The fraction of sp³-hybridized carbons (Fsp3) is 0.222. The number of aryl methyl sites for hydroxylation is 2. The van der Waals surface area contributed by atoms with Gasteiger partial charge in [-0.25, -0.2) is 9.78 Å². The monoisotopic (exact) mass is 421 g/mol. The molecule has 0 saturated carbocycles. The zero-order chi connectivity index (χ0) is 20.1. The Morgan fingerprint density at radius 3 is 2.68 bits per heavy atom. The van der Waals surface area contributed by atoms with Gasteiger partial charge in [0.25, 0.3) is 5.91 Å². The van der Waals surface area contributed by atoms with Gasteiger partial charge in [-0.05, 0) is 38.1 Å². The van der Waals surface area contributed by atoms with Crippen molar-refractivity contribution in [2.45, 2.75) is 20.5 Å². The molecular weight excluding hydrogens is 406 g/mol. The second kappa shape index (κ2) is 8.85. The quantitative estimate of drug-likeness (QED) is 0.579. The first kappa shape index (κ1) is 19.8. The fourth-order valence-corrected chi connectivity index (χ4v) is 3.18. The lowest BCUT2D eigenvalue weighted by atomic mass is 10.3. The molecule has 0 bridgehead atoms. The minimum absolute atomic E-state index is 0.201. The van der Waals surface area contributed by atoms with Crippen molar-refractivity contribution < 1.29 is 23.6 Å². The zero-order valence-electron chi connectivity index (χ0n) is 15.0. The van der Waals surface area contributed by atoms with Gasteiger partial charge in [-0.1, -0.05) is 16.8 Å². The molecule has 3 aromatic rings. The minimum atomic E-state index is -0.626. The number of hydrogen-bond acceptors (Lipinski definition) is 8. The molecule has 3 rings (SSSR count). The molecule has 0 fully saturated rings. The number of hydrogen-bond donors (Lipinski definition) is 1. The van der Waals surface area contributed by atoms with Crippen molar-refractivity contribution in [1.82, 2.24) is 10.1 Å². The number of amides is 1. The number of esters is 1. The van der Waals surface area contributed by atoms with Crippen molar-refractivity contribution in [2.75, 3.05) is 11.9 Å². The summed E-state index contributed by atoms with van der Waals surface area (Å²) in [4.78, 5) is 28.7. The maximum atomic E-state index is 12.2. The molecule has 0 aliphatic rings. The summed E-state index contributed by atoms with van der Waals surface area (Å²) in [5.74, 6) is 0.311. The first-order valence-electron chi connectivity index (χ1n) is 8.15. The average molecular weight is 422 g/mol. The fourth-order valence-electron chi connectivity index (χ4n) is 2.18. The number of aromatic nitrogens is 2. The molecule has 10 heteroatoms. The van der Waals surface area contributed by atoms with Gasteiger partial charge in [0.05, 0.1) is 5.69 Å². The topological polar surface area (TPSA) is 104 Å². The van der Waals surface area contributed by atoms with Crippen LogP contribution < -0.4 is 10.1 Å². The molecule has 0 unspecified atom stereocenters. The van der Waals surface area contributed by atoms with Gasteiger partial charge in [0.2, 0.25) is 0 Å². The Hall–Kier alpha value is -2.91. The summed E-state index contributed by atoms with van der Waals surface area (Å²) in [6.07, 6.45) is 0. The number of benzene rings is 1. The van der Waals surface area contributed by atoms with E-state index in [1.807, 2.05) is 0 Å². The first-order valence-corrected chi connectivity index (χ1v) is 9.35. The van der Waals surface area contributed by atoms with Gasteiger partial charge in [-0.15, -0.1) is 11.3 Å². The summed E-state index contributed by atoms with van der Waals surface area (Å²) in [7, 11) is 0. The van der Waals surface area contributed by atoms with Crippen LogP contribution in [0.5, 0.6) is 5.75 Å². The second-order valence-electron chi connectivity index (χ2n) is 5.71. The number of halogens is 1. The molecule has 0 atom stereocenters. The van der Waals surface area contributed by atoms with Crippen LogP contribution in [0.4, 0.5) is 5.82 Å². The van der Waals surface area contributed by atoms with Gasteiger partial charge < -0.3 is 19.3 Å². The average Bonchev–Trinajstić information content (AvgIpc) is 3.24. The highest BCUT2D eigenvalue weighted by Crippen LogP contribution is 2.22. The Morgan fingerprint density at radius 2 is 2.00 bits per heavy atom. The third-order valence-electron chi connectivity index (χ3n) is 3.43. The number of nitrogens with one attached hydrogen (secondary N) is 1. The maximum Gasteiger partial charge on any atom is 0.350 e. The van der Waals surface area contributed by atoms with Crippen LogP contribution in [0.2, 0.25) is 5.02 Å². The lowest BCUT2D eigenvalue weighted by Gasteiger charge is -2.03. The van der Waals surface area contributed by atoms with Gasteiger partial charge in [-0.3, -0.25) is 4.79 Å². The van der Waals surface area contributed by atoms with E-state index in [9.17, 15) is 9.59 Å². The molecule has 2 aromatic heterocycles. The zero-order valence-corrected chi connectivity index (χ0v) is 16.6. The van der Waals surface area contributed by atoms with Crippen LogP contribution in [-0.2, 0) is 16.1 Å². The molecule has 0 aliphatic carbocycles. The molecule has 146 valence electrons. The smallest absolute Gasteiger partial charge is 0.350 e. The van der Waals surface area contributed by atoms with E-state index in [0.29, 0.717) is 32.1 Å². The van der Waals surface area contributed by atoms with Crippen LogP contribution in [0.1, 0.15) is 26.1 Å². The van der Waals surface area contributed by atoms with Crippen molar-refractivity contribution in [3.63, 3.8) is 0 Å². The molecule has 1 amide bonds. The van der Waals surface area contributed by atoms with E-state index >= 15 is 0 Å². The third-order valence-corrected chi connectivity index (χ3v) is 4.79. The van der Waals surface area contributed by atoms with E-state index in [2.05, 4.69) is 15.5 Å². The molecule has 0 aliphatic heterocycles. The molecule has 2 heterocycles. The third kappa shape index (κ3) is 5.30. The highest BCUT2D eigenvalue weighted by Gasteiger charge is 2.18. The van der Waals surface area contributed by atoms with Gasteiger partial charge >= 0.3 is 5.97 Å². The molecule has 1 N–H and O–H groups in total. The number of anilines is 1. The Labute approximate surface area is 169 Å². The predicted octanol–water partition coefficient (Wildman–Crippen LogP) is 3.78. The normalized spacial score (nSPS) is 10.5.